The zero-order valence-corrected chi connectivity index (χ0v) is 17.8. The Bertz CT molecular complexity index is 1100. The Morgan fingerprint density at radius 1 is 1.28 bits per heavy atom. The summed E-state index contributed by atoms with van der Waals surface area (Å²) in [5.74, 6) is 0.507. The molecule has 150 valence electrons. The van der Waals surface area contributed by atoms with E-state index in [1.807, 2.05) is 30.3 Å². The van der Waals surface area contributed by atoms with E-state index < -0.39 is 0 Å². The lowest BCUT2D eigenvalue weighted by Gasteiger charge is -2.12. The number of hydrogen-bond acceptors (Lipinski definition) is 5. The maximum absolute atomic E-state index is 13.2. The van der Waals surface area contributed by atoms with Crippen molar-refractivity contribution in [3.8, 4) is 0 Å². The topological polar surface area (TPSA) is 64.0 Å². The van der Waals surface area contributed by atoms with Crippen LogP contribution in [0, 0.1) is 0 Å². The quantitative estimate of drug-likeness (QED) is 0.340. The second-order valence-electron chi connectivity index (χ2n) is 7.00. The smallest absolute Gasteiger partial charge is 0.263 e. The number of carbonyl (C=O) groups excluding carboxylic acids is 1. The van der Waals surface area contributed by atoms with Crippen LogP contribution < -0.4 is 10.9 Å². The van der Waals surface area contributed by atoms with E-state index in [4.69, 9.17) is 4.98 Å². The van der Waals surface area contributed by atoms with Crippen molar-refractivity contribution < 1.29 is 4.79 Å². The van der Waals surface area contributed by atoms with Crippen molar-refractivity contribution in [1.82, 2.24) is 9.55 Å². The molecule has 0 spiro atoms. The molecule has 0 radical (unpaired) electrons. The zero-order valence-electron chi connectivity index (χ0n) is 16.1. The molecule has 7 heteroatoms. The molecular formula is C22H23N3O2S2. The van der Waals surface area contributed by atoms with Crippen LogP contribution in [0.25, 0.3) is 10.2 Å². The molecule has 0 fully saturated rings. The van der Waals surface area contributed by atoms with Gasteiger partial charge in [-0.3, -0.25) is 14.2 Å². The molecule has 1 amide bonds. The average Bonchev–Trinajstić information content (AvgIpc) is 3.10. The largest absolute Gasteiger partial charge is 0.326 e. The molecule has 0 atom stereocenters. The number of nitrogens with one attached hydrogen (secondary N) is 1. The van der Waals surface area contributed by atoms with Gasteiger partial charge in [0.25, 0.3) is 5.56 Å². The number of allylic oxidation sites excluding steroid dienone is 1. The van der Waals surface area contributed by atoms with Crippen molar-refractivity contribution in [2.24, 2.45) is 0 Å². The van der Waals surface area contributed by atoms with Crippen LogP contribution in [0.4, 0.5) is 5.69 Å². The first kappa shape index (κ1) is 19.9. The molecule has 2 heterocycles. The number of para-hydroxylation sites is 1. The van der Waals surface area contributed by atoms with Crippen molar-refractivity contribution >= 4 is 44.9 Å². The molecule has 0 saturated carbocycles. The molecule has 0 bridgehead atoms. The first-order valence-corrected chi connectivity index (χ1v) is 11.6. The maximum atomic E-state index is 13.2. The normalized spacial score (nSPS) is 13.2. The molecule has 5 nitrogen and oxygen atoms in total. The number of aromatic nitrogens is 2. The number of benzene rings is 1. The first-order valence-electron chi connectivity index (χ1n) is 9.81. The van der Waals surface area contributed by atoms with Gasteiger partial charge in [0, 0.05) is 29.3 Å². The molecule has 2 aromatic heterocycles. The number of thiophene rings is 1. The number of rotatable bonds is 7. The Labute approximate surface area is 177 Å². The van der Waals surface area contributed by atoms with Gasteiger partial charge < -0.3 is 5.32 Å². The van der Waals surface area contributed by atoms with Crippen LogP contribution >= 0.6 is 23.1 Å². The number of amides is 1. The van der Waals surface area contributed by atoms with Gasteiger partial charge in [-0.25, -0.2) is 4.98 Å². The average molecular weight is 426 g/mol. The molecule has 4 rings (SSSR count). The van der Waals surface area contributed by atoms with Gasteiger partial charge in [0.1, 0.15) is 4.83 Å². The minimum Gasteiger partial charge on any atom is -0.326 e. The summed E-state index contributed by atoms with van der Waals surface area (Å²) in [5.41, 5.74) is 2.01. The van der Waals surface area contributed by atoms with E-state index in [0.29, 0.717) is 23.9 Å². The second-order valence-corrected chi connectivity index (χ2v) is 9.15. The molecule has 1 aromatic carbocycles. The number of hydrogen-bond donors (Lipinski definition) is 1. The lowest BCUT2D eigenvalue weighted by Crippen LogP contribution is -2.23. The van der Waals surface area contributed by atoms with Gasteiger partial charge in [-0.05, 0) is 43.4 Å². The van der Waals surface area contributed by atoms with Gasteiger partial charge >= 0.3 is 0 Å². The number of fused-ring (bicyclic) bond motifs is 3. The second kappa shape index (κ2) is 8.97. The summed E-state index contributed by atoms with van der Waals surface area (Å²) in [6, 6.07) is 9.41. The predicted molar refractivity (Wildman–Crippen MR) is 121 cm³/mol. The van der Waals surface area contributed by atoms with Crippen molar-refractivity contribution in [3.05, 3.63) is 63.8 Å². The maximum Gasteiger partial charge on any atom is 0.263 e. The third-order valence-corrected chi connectivity index (χ3v) is 7.13. The van der Waals surface area contributed by atoms with Crippen LogP contribution in [0.15, 0.2) is 52.9 Å². The highest BCUT2D eigenvalue weighted by Gasteiger charge is 2.22. The molecule has 29 heavy (non-hydrogen) atoms. The Hall–Kier alpha value is -2.38. The van der Waals surface area contributed by atoms with E-state index in [1.165, 1.54) is 28.6 Å². The summed E-state index contributed by atoms with van der Waals surface area (Å²) in [7, 11) is 0. The highest BCUT2D eigenvalue weighted by atomic mass is 32.2. The van der Waals surface area contributed by atoms with E-state index >= 15 is 0 Å². The van der Waals surface area contributed by atoms with Gasteiger partial charge in [0.05, 0.1) is 5.39 Å². The van der Waals surface area contributed by atoms with Gasteiger partial charge in [0.15, 0.2) is 5.16 Å². The highest BCUT2D eigenvalue weighted by Crippen LogP contribution is 2.34. The summed E-state index contributed by atoms with van der Waals surface area (Å²) in [6.07, 6.45) is 6.39. The van der Waals surface area contributed by atoms with Gasteiger partial charge in [-0.2, -0.15) is 0 Å². The van der Waals surface area contributed by atoms with Crippen LogP contribution in [-0.2, 0) is 24.2 Å². The van der Waals surface area contributed by atoms with Crippen molar-refractivity contribution in [3.63, 3.8) is 0 Å². The van der Waals surface area contributed by atoms with Crippen LogP contribution in [0.5, 0.6) is 0 Å². The number of thioether (sulfide) groups is 1. The molecule has 0 aliphatic heterocycles. The molecule has 3 aromatic rings. The van der Waals surface area contributed by atoms with Crippen LogP contribution in [0.2, 0.25) is 0 Å². The molecular weight excluding hydrogens is 402 g/mol. The summed E-state index contributed by atoms with van der Waals surface area (Å²) in [6.45, 7) is 4.21. The fourth-order valence-corrected chi connectivity index (χ4v) is 5.85. The highest BCUT2D eigenvalue weighted by molar-refractivity contribution is 7.99. The van der Waals surface area contributed by atoms with Gasteiger partial charge in [0.2, 0.25) is 5.91 Å². The number of nitrogens with zero attached hydrogens (tertiary/aromatic N) is 2. The summed E-state index contributed by atoms with van der Waals surface area (Å²) in [4.78, 5) is 32.3. The molecule has 1 aliphatic rings. The third kappa shape index (κ3) is 4.31. The van der Waals surface area contributed by atoms with Crippen LogP contribution in [0.1, 0.15) is 29.7 Å². The minimum absolute atomic E-state index is 0.0190. The van der Waals surface area contributed by atoms with Crippen LogP contribution in [-0.4, -0.2) is 21.2 Å². The van der Waals surface area contributed by atoms with E-state index in [1.54, 1.807) is 22.0 Å². The van der Waals surface area contributed by atoms with E-state index in [0.717, 1.165) is 35.2 Å². The minimum atomic E-state index is -0.0472. The van der Waals surface area contributed by atoms with Gasteiger partial charge in [-0.15, -0.1) is 17.9 Å². The Kier molecular flexibility index (Phi) is 6.16. The Morgan fingerprint density at radius 2 is 2.07 bits per heavy atom. The Morgan fingerprint density at radius 3 is 2.86 bits per heavy atom. The van der Waals surface area contributed by atoms with Crippen molar-refractivity contribution in [2.75, 3.05) is 11.1 Å². The Balaban J connectivity index is 1.53. The van der Waals surface area contributed by atoms with E-state index in [2.05, 4.69) is 11.9 Å². The fourth-order valence-electron chi connectivity index (χ4n) is 3.60. The van der Waals surface area contributed by atoms with Crippen molar-refractivity contribution in [2.45, 2.75) is 43.8 Å². The van der Waals surface area contributed by atoms with E-state index in [-0.39, 0.29) is 11.5 Å². The summed E-state index contributed by atoms with van der Waals surface area (Å²) < 4.78 is 1.69. The number of carbonyl (C=O) groups is 1. The van der Waals surface area contributed by atoms with E-state index in [9.17, 15) is 9.59 Å². The first-order chi connectivity index (χ1) is 14.2. The lowest BCUT2D eigenvalue weighted by molar-refractivity contribution is -0.115. The molecule has 0 unspecified atom stereocenters. The SMILES string of the molecule is C=CCn1c(SCCC(=O)Nc2ccccc2)nc2sc3c(c2c1=O)CCCC3. The third-order valence-electron chi connectivity index (χ3n) is 4.97. The molecule has 1 aliphatic carbocycles. The summed E-state index contributed by atoms with van der Waals surface area (Å²) in [5, 5.41) is 4.34. The summed E-state index contributed by atoms with van der Waals surface area (Å²) >= 11 is 3.10. The van der Waals surface area contributed by atoms with Crippen molar-refractivity contribution in [1.29, 1.82) is 0 Å². The lowest BCUT2D eigenvalue weighted by atomic mass is 9.97. The monoisotopic (exact) mass is 425 g/mol. The number of anilines is 1. The van der Waals surface area contributed by atoms with Gasteiger partial charge in [-0.1, -0.05) is 36.0 Å². The standard InChI is InChI=1S/C22H23N3O2S2/c1-2-13-25-21(27)19-16-10-6-7-11-17(16)29-20(19)24-22(25)28-14-12-18(26)23-15-8-4-3-5-9-15/h2-5,8-9H,1,6-7,10-14H2,(H,23,26). The fraction of sp³-hybridized carbons (Fsp3) is 0.318. The molecule has 1 N–H and O–H groups in total. The predicted octanol–water partition coefficient (Wildman–Crippen LogP) is 4.64. The van der Waals surface area contributed by atoms with Crippen LogP contribution in [0.3, 0.4) is 0 Å². The molecule has 0 saturated heterocycles. The zero-order chi connectivity index (χ0) is 20.2. The number of aryl methyl sites for hydroxylation is 2.